The molecule has 2 N–H and O–H groups in total. The third-order valence-corrected chi connectivity index (χ3v) is 5.31. The van der Waals surface area contributed by atoms with Crippen LogP contribution in [0.2, 0.25) is 0 Å². The van der Waals surface area contributed by atoms with Crippen molar-refractivity contribution >= 4 is 39.7 Å². The normalized spacial score (nSPS) is 17.5. The van der Waals surface area contributed by atoms with Gasteiger partial charge in [0.1, 0.15) is 0 Å². The number of hydrogen-bond acceptors (Lipinski definition) is 3. The smallest absolute Gasteiger partial charge is 0.263 e. The van der Waals surface area contributed by atoms with Crippen LogP contribution in [0, 0.1) is 5.92 Å². The van der Waals surface area contributed by atoms with E-state index in [-0.39, 0.29) is 24.4 Å². The number of amides is 1. The first-order chi connectivity index (χ1) is 9.65. The second kappa shape index (κ2) is 6.77. The number of nitrogens with zero attached hydrogens (tertiary/aromatic N) is 1. The summed E-state index contributed by atoms with van der Waals surface area (Å²) in [4.78, 5) is 15.4. The molecule has 1 unspecified atom stereocenters. The zero-order valence-electron chi connectivity index (χ0n) is 12.1. The third-order valence-electron chi connectivity index (χ3n) is 4.21. The van der Waals surface area contributed by atoms with Crippen LogP contribution in [0.25, 0.3) is 10.1 Å². The van der Waals surface area contributed by atoms with E-state index >= 15 is 0 Å². The molecule has 1 aromatic carbocycles. The highest BCUT2D eigenvalue weighted by Crippen LogP contribution is 2.28. The number of likely N-dealkylation sites (tertiary alicyclic amines) is 1. The molecule has 1 aromatic heterocycles. The maximum Gasteiger partial charge on any atom is 0.263 e. The molecule has 3 rings (SSSR count). The fourth-order valence-electron chi connectivity index (χ4n) is 2.87. The van der Waals surface area contributed by atoms with Crippen molar-refractivity contribution in [3.8, 4) is 0 Å². The van der Waals surface area contributed by atoms with Gasteiger partial charge in [0, 0.05) is 23.8 Å². The highest BCUT2D eigenvalue weighted by molar-refractivity contribution is 7.20. The van der Waals surface area contributed by atoms with Gasteiger partial charge >= 0.3 is 0 Å². The van der Waals surface area contributed by atoms with Crippen LogP contribution in [0.1, 0.15) is 29.4 Å². The number of piperidine rings is 1. The summed E-state index contributed by atoms with van der Waals surface area (Å²) in [5.74, 6) is 0.732. The summed E-state index contributed by atoms with van der Waals surface area (Å²) in [7, 11) is 0. The zero-order valence-corrected chi connectivity index (χ0v) is 13.8. The Labute approximate surface area is 135 Å². The third kappa shape index (κ3) is 3.39. The van der Waals surface area contributed by atoms with Gasteiger partial charge in [-0.2, -0.15) is 0 Å². The average Bonchev–Trinajstić information content (AvgIpc) is 2.90. The molecular weight excluding hydrogens is 304 g/mol. The van der Waals surface area contributed by atoms with E-state index in [0.29, 0.717) is 5.92 Å². The molecule has 1 aliphatic rings. The van der Waals surface area contributed by atoms with Gasteiger partial charge in [-0.1, -0.05) is 18.2 Å². The van der Waals surface area contributed by atoms with Gasteiger partial charge in [0.25, 0.3) is 5.91 Å². The van der Waals surface area contributed by atoms with Crippen LogP contribution >= 0.6 is 23.7 Å². The van der Waals surface area contributed by atoms with Gasteiger partial charge < -0.3 is 10.6 Å². The fourth-order valence-corrected chi connectivity index (χ4v) is 3.90. The molecule has 0 spiro atoms. The number of halogens is 1. The van der Waals surface area contributed by atoms with Crippen LogP contribution in [-0.2, 0) is 0 Å². The Morgan fingerprint density at radius 3 is 2.62 bits per heavy atom. The molecule has 0 bridgehead atoms. The standard InChI is InChI=1S/C16H20N2OS.ClH/c1-11(17)12-6-8-18(9-7-12)16(19)15-10-13-4-2-3-5-14(13)20-15;/h2-5,10-12H,6-9,17H2,1H3;1H. The molecule has 1 fully saturated rings. The van der Waals surface area contributed by atoms with Crippen LogP contribution in [0.15, 0.2) is 30.3 Å². The summed E-state index contributed by atoms with van der Waals surface area (Å²) < 4.78 is 1.18. The van der Waals surface area contributed by atoms with E-state index < -0.39 is 0 Å². The first-order valence-corrected chi connectivity index (χ1v) is 8.00. The lowest BCUT2D eigenvalue weighted by atomic mass is 9.91. The average molecular weight is 325 g/mol. The van der Waals surface area contributed by atoms with Gasteiger partial charge in [-0.15, -0.1) is 23.7 Å². The van der Waals surface area contributed by atoms with Crippen molar-refractivity contribution in [2.75, 3.05) is 13.1 Å². The number of hydrogen-bond donors (Lipinski definition) is 1. The largest absolute Gasteiger partial charge is 0.338 e. The maximum atomic E-state index is 12.6. The summed E-state index contributed by atoms with van der Waals surface area (Å²) in [5, 5.41) is 1.16. The number of benzene rings is 1. The Balaban J connectivity index is 0.00000161. The molecule has 1 atom stereocenters. The molecule has 21 heavy (non-hydrogen) atoms. The van der Waals surface area contributed by atoms with Gasteiger partial charge in [-0.25, -0.2) is 0 Å². The lowest BCUT2D eigenvalue weighted by Crippen LogP contribution is -2.42. The minimum Gasteiger partial charge on any atom is -0.338 e. The van der Waals surface area contributed by atoms with Crippen LogP contribution < -0.4 is 5.73 Å². The predicted molar refractivity (Wildman–Crippen MR) is 91.3 cm³/mol. The summed E-state index contributed by atoms with van der Waals surface area (Å²) in [6.07, 6.45) is 2.04. The van der Waals surface area contributed by atoms with Gasteiger partial charge in [-0.3, -0.25) is 4.79 Å². The van der Waals surface area contributed by atoms with Crippen LogP contribution in [0.4, 0.5) is 0 Å². The first-order valence-electron chi connectivity index (χ1n) is 7.18. The fraction of sp³-hybridized carbons (Fsp3) is 0.438. The second-order valence-electron chi connectivity index (χ2n) is 5.64. The van der Waals surface area contributed by atoms with Crippen LogP contribution in [-0.4, -0.2) is 29.9 Å². The monoisotopic (exact) mass is 324 g/mol. The Morgan fingerprint density at radius 2 is 2.00 bits per heavy atom. The van der Waals surface area contributed by atoms with Gasteiger partial charge in [0.2, 0.25) is 0 Å². The molecule has 0 radical (unpaired) electrons. The molecule has 1 saturated heterocycles. The van der Waals surface area contributed by atoms with Crippen molar-refractivity contribution < 1.29 is 4.79 Å². The number of thiophene rings is 1. The molecule has 1 aliphatic heterocycles. The van der Waals surface area contributed by atoms with Crippen molar-refractivity contribution in [3.05, 3.63) is 35.2 Å². The molecule has 2 heterocycles. The second-order valence-corrected chi connectivity index (χ2v) is 6.72. The van der Waals surface area contributed by atoms with Gasteiger partial charge in [0.15, 0.2) is 0 Å². The lowest BCUT2D eigenvalue weighted by molar-refractivity contribution is 0.0686. The van der Waals surface area contributed by atoms with E-state index in [9.17, 15) is 4.79 Å². The number of carbonyl (C=O) groups is 1. The van der Waals surface area contributed by atoms with E-state index in [1.807, 2.05) is 23.1 Å². The highest BCUT2D eigenvalue weighted by Gasteiger charge is 2.26. The number of carbonyl (C=O) groups excluding carboxylic acids is 1. The zero-order chi connectivity index (χ0) is 14.1. The van der Waals surface area contributed by atoms with Gasteiger partial charge in [0.05, 0.1) is 4.88 Å². The summed E-state index contributed by atoms with van der Waals surface area (Å²) >= 11 is 1.59. The minimum absolute atomic E-state index is 0. The van der Waals surface area contributed by atoms with E-state index in [1.54, 1.807) is 11.3 Å². The minimum atomic E-state index is 0. The summed E-state index contributed by atoms with van der Waals surface area (Å²) in [5.41, 5.74) is 5.95. The first kappa shape index (κ1) is 16.3. The van der Waals surface area contributed by atoms with Crippen LogP contribution in [0.5, 0.6) is 0 Å². The summed E-state index contributed by atoms with van der Waals surface area (Å²) in [6, 6.07) is 10.4. The lowest BCUT2D eigenvalue weighted by Gasteiger charge is -2.33. The Morgan fingerprint density at radius 1 is 1.33 bits per heavy atom. The number of rotatable bonds is 2. The Kier molecular flexibility index (Phi) is 5.25. The highest BCUT2D eigenvalue weighted by atomic mass is 35.5. The Bertz CT molecular complexity index is 585. The Hall–Kier alpha value is -1.10. The maximum absolute atomic E-state index is 12.6. The molecule has 5 heteroatoms. The van der Waals surface area contributed by atoms with Crippen molar-refractivity contribution in [1.82, 2.24) is 4.90 Å². The van der Waals surface area contributed by atoms with Crippen molar-refractivity contribution in [2.45, 2.75) is 25.8 Å². The van der Waals surface area contributed by atoms with Crippen molar-refractivity contribution in [1.29, 1.82) is 0 Å². The summed E-state index contributed by atoms with van der Waals surface area (Å²) in [6.45, 7) is 3.73. The van der Waals surface area contributed by atoms with Crippen molar-refractivity contribution in [2.24, 2.45) is 11.7 Å². The van der Waals surface area contributed by atoms with E-state index in [1.165, 1.54) is 4.70 Å². The van der Waals surface area contributed by atoms with Crippen LogP contribution in [0.3, 0.4) is 0 Å². The van der Waals surface area contributed by atoms with E-state index in [0.717, 1.165) is 36.2 Å². The molecule has 114 valence electrons. The molecule has 3 nitrogen and oxygen atoms in total. The molecule has 0 saturated carbocycles. The predicted octanol–water partition coefficient (Wildman–Crippen LogP) is 3.52. The molecule has 2 aromatic rings. The molecule has 0 aliphatic carbocycles. The molecule has 1 amide bonds. The van der Waals surface area contributed by atoms with Crippen molar-refractivity contribution in [3.63, 3.8) is 0 Å². The number of fused-ring (bicyclic) bond motifs is 1. The topological polar surface area (TPSA) is 46.3 Å². The number of nitrogens with two attached hydrogens (primary N) is 1. The van der Waals surface area contributed by atoms with Gasteiger partial charge in [-0.05, 0) is 43.2 Å². The quantitative estimate of drug-likeness (QED) is 0.918. The van der Waals surface area contributed by atoms with E-state index in [4.69, 9.17) is 5.73 Å². The van der Waals surface area contributed by atoms with E-state index in [2.05, 4.69) is 19.1 Å². The molecular formula is C16H21ClN2OS. The SMILES string of the molecule is CC(N)C1CCN(C(=O)c2cc3ccccc3s2)CC1.Cl.